The average molecular weight is 551 g/mol. The van der Waals surface area contributed by atoms with Crippen LogP contribution in [0.4, 0.5) is 11.6 Å². The van der Waals surface area contributed by atoms with Gasteiger partial charge in [0.2, 0.25) is 10.0 Å². The molecule has 0 atom stereocenters. The summed E-state index contributed by atoms with van der Waals surface area (Å²) >= 11 is 3.32. The molecule has 3 rings (SSSR count). The summed E-state index contributed by atoms with van der Waals surface area (Å²) in [7, 11) is -3.95. The quantitative estimate of drug-likeness (QED) is 0.257. The first-order valence-corrected chi connectivity index (χ1v) is 11.0. The van der Waals surface area contributed by atoms with Gasteiger partial charge in [-0.05, 0) is 67.2 Å². The predicted molar refractivity (Wildman–Crippen MR) is 118 cm³/mol. The van der Waals surface area contributed by atoms with Gasteiger partial charge < -0.3 is 15.1 Å². The largest absolute Gasteiger partial charge is 2.00 e. The van der Waals surface area contributed by atoms with Gasteiger partial charge >= 0.3 is 19.5 Å². The Hall–Kier alpha value is -2.42. The van der Waals surface area contributed by atoms with Crippen molar-refractivity contribution in [3.63, 3.8) is 0 Å². The number of aliphatic imine (C=N–C) groups is 1. The van der Waals surface area contributed by atoms with Crippen LogP contribution in [-0.2, 0) is 29.5 Å². The van der Waals surface area contributed by atoms with Gasteiger partial charge in [0, 0.05) is 16.6 Å². The van der Waals surface area contributed by atoms with E-state index in [0.29, 0.717) is 22.6 Å². The molecule has 0 spiro atoms. The molecule has 0 aliphatic carbocycles. The Kier molecular flexibility index (Phi) is 8.62. The summed E-state index contributed by atoms with van der Waals surface area (Å²) in [6.07, 6.45) is 2.72. The standard InChI is InChI=1S/C21H18BrN4O3S.Zn/c1-14-13-15(2)25-21(24-14)26-30(28,29)19-9-7-18(8-10-19)23-12-11-20(27)16-3-5-17(22)6-4-16;/h3-13H,1-2H3,(H-,23,24,25,26,27);/q-1;+2/p-1. The molecule has 0 aliphatic heterocycles. The van der Waals surface area contributed by atoms with Crippen LogP contribution in [0.1, 0.15) is 17.0 Å². The van der Waals surface area contributed by atoms with Gasteiger partial charge in [0.1, 0.15) is 0 Å². The summed E-state index contributed by atoms with van der Waals surface area (Å²) in [5, 5.41) is 12.1. The first-order valence-electron chi connectivity index (χ1n) is 8.81. The molecule has 0 fully saturated rings. The van der Waals surface area contributed by atoms with Crippen molar-refractivity contribution >= 4 is 49.6 Å². The van der Waals surface area contributed by atoms with Crippen molar-refractivity contribution in [1.82, 2.24) is 9.97 Å². The van der Waals surface area contributed by atoms with Gasteiger partial charge in [-0.25, -0.2) is 8.42 Å². The fraction of sp³-hybridized carbons (Fsp3) is 0.0952. The van der Waals surface area contributed by atoms with Crippen LogP contribution in [0.3, 0.4) is 0 Å². The Bertz CT molecular complexity index is 1190. The second kappa shape index (κ2) is 10.7. The summed E-state index contributed by atoms with van der Waals surface area (Å²) < 4.78 is 29.5. The molecular weight excluding hydrogens is 534 g/mol. The predicted octanol–water partition coefficient (Wildman–Crippen LogP) is 4.35. The molecule has 0 radical (unpaired) electrons. The number of hydrogen-bond acceptors (Lipinski definition) is 6. The second-order valence-electron chi connectivity index (χ2n) is 6.33. The van der Waals surface area contributed by atoms with Crippen LogP contribution in [-0.4, -0.2) is 24.6 Å². The van der Waals surface area contributed by atoms with E-state index in [2.05, 4.69) is 35.6 Å². The van der Waals surface area contributed by atoms with E-state index < -0.39 is 10.0 Å². The average Bonchev–Trinajstić information content (AvgIpc) is 2.67. The molecule has 0 N–H and O–H groups in total. The van der Waals surface area contributed by atoms with Crippen molar-refractivity contribution < 1.29 is 33.0 Å². The van der Waals surface area contributed by atoms with Gasteiger partial charge in [0.15, 0.2) is 0 Å². The van der Waals surface area contributed by atoms with Crippen molar-refractivity contribution in [1.29, 1.82) is 0 Å². The zero-order valence-electron chi connectivity index (χ0n) is 16.9. The third-order valence-electron chi connectivity index (χ3n) is 3.89. The molecule has 10 heteroatoms. The number of hydrogen-bond donors (Lipinski definition) is 0. The maximum atomic E-state index is 12.5. The maximum Gasteiger partial charge on any atom is 2.00 e. The summed E-state index contributed by atoms with van der Waals surface area (Å²) in [6.45, 7) is 3.48. The topological polar surface area (TPSA) is 109 Å². The van der Waals surface area contributed by atoms with Crippen molar-refractivity contribution in [2.24, 2.45) is 4.99 Å². The van der Waals surface area contributed by atoms with E-state index in [4.69, 9.17) is 0 Å². The summed E-state index contributed by atoms with van der Waals surface area (Å²) in [4.78, 5) is 12.2. The molecule has 0 saturated carbocycles. The number of halogens is 1. The van der Waals surface area contributed by atoms with Crippen molar-refractivity contribution in [3.05, 3.63) is 86.8 Å². The van der Waals surface area contributed by atoms with Crippen LogP contribution in [0.5, 0.6) is 0 Å². The Morgan fingerprint density at radius 3 is 2.19 bits per heavy atom. The molecule has 1 aromatic heterocycles. The molecule has 1 heterocycles. The van der Waals surface area contributed by atoms with E-state index >= 15 is 0 Å². The Balaban J connectivity index is 0.00000341. The number of benzene rings is 2. The van der Waals surface area contributed by atoms with Crippen molar-refractivity contribution in [3.8, 4) is 0 Å². The number of aryl methyl sites for hydroxylation is 2. The molecule has 2 aromatic carbocycles. The van der Waals surface area contributed by atoms with Gasteiger partial charge in [-0.1, -0.05) is 40.2 Å². The molecular formula is C21H17BrN4O3SZn. The molecule has 31 heavy (non-hydrogen) atoms. The number of rotatable bonds is 6. The van der Waals surface area contributed by atoms with E-state index in [1.54, 1.807) is 44.2 Å². The van der Waals surface area contributed by atoms with E-state index in [0.717, 1.165) is 4.47 Å². The van der Waals surface area contributed by atoms with E-state index in [9.17, 15) is 13.5 Å². The van der Waals surface area contributed by atoms with Crippen LogP contribution in [0.2, 0.25) is 0 Å². The molecule has 0 bridgehead atoms. The normalized spacial score (nSPS) is 11.9. The maximum absolute atomic E-state index is 12.5. The van der Waals surface area contributed by atoms with Gasteiger partial charge in [0.25, 0.3) is 0 Å². The van der Waals surface area contributed by atoms with Gasteiger partial charge in [-0.2, -0.15) is 0 Å². The molecule has 0 amide bonds. The third-order valence-corrected chi connectivity index (χ3v) is 5.69. The van der Waals surface area contributed by atoms with E-state index in [-0.39, 0.29) is 36.1 Å². The SMILES string of the molecule is Cc1cc(C)nc([N-]S(=O)(=O)c2ccc(N=C/C=C(\[O-])c3ccc(Br)cc3)cc2)n1.[Zn+2]. The van der Waals surface area contributed by atoms with Crippen LogP contribution >= 0.6 is 15.9 Å². The molecule has 0 unspecified atom stereocenters. The molecule has 0 aliphatic rings. The van der Waals surface area contributed by atoms with Crippen molar-refractivity contribution in [2.75, 3.05) is 0 Å². The zero-order valence-corrected chi connectivity index (χ0v) is 22.2. The van der Waals surface area contributed by atoms with Crippen LogP contribution in [0, 0.1) is 13.8 Å². The smallest absolute Gasteiger partial charge is 0.872 e. The molecule has 154 valence electrons. The fourth-order valence-corrected chi connectivity index (χ4v) is 3.66. The van der Waals surface area contributed by atoms with Crippen molar-refractivity contribution in [2.45, 2.75) is 18.7 Å². The number of sulfonamides is 1. The third kappa shape index (κ3) is 7.06. The van der Waals surface area contributed by atoms with Crippen LogP contribution < -0.4 is 5.11 Å². The zero-order chi connectivity index (χ0) is 21.7. The first-order chi connectivity index (χ1) is 14.2. The molecule has 0 saturated heterocycles. The second-order valence-corrected chi connectivity index (χ2v) is 8.85. The van der Waals surface area contributed by atoms with Crippen LogP contribution in [0.15, 0.2) is 75.0 Å². The van der Waals surface area contributed by atoms with Gasteiger partial charge in [-0.15, -0.1) is 5.76 Å². The summed E-state index contributed by atoms with van der Waals surface area (Å²) in [5.41, 5.74) is 2.31. The monoisotopic (exact) mass is 548 g/mol. The van der Waals surface area contributed by atoms with E-state index in [1.807, 2.05) is 0 Å². The van der Waals surface area contributed by atoms with Gasteiger partial charge in [0.05, 0.1) is 10.6 Å². The first kappa shape index (κ1) is 24.8. The molecule has 7 nitrogen and oxygen atoms in total. The summed E-state index contributed by atoms with van der Waals surface area (Å²) in [6, 6.07) is 14.6. The number of allylic oxidation sites excluding steroid dienone is 1. The number of aromatic nitrogens is 2. The minimum Gasteiger partial charge on any atom is -0.872 e. The Labute approximate surface area is 202 Å². The Morgan fingerprint density at radius 2 is 1.61 bits per heavy atom. The fourth-order valence-electron chi connectivity index (χ4n) is 2.51. The molecule has 3 aromatic rings. The van der Waals surface area contributed by atoms with Crippen LogP contribution in [0.25, 0.3) is 10.5 Å². The summed E-state index contributed by atoms with van der Waals surface area (Å²) in [5.74, 6) is -0.284. The number of nitrogens with zero attached hydrogens (tertiary/aromatic N) is 4. The minimum absolute atomic E-state index is 0. The Morgan fingerprint density at radius 1 is 1.03 bits per heavy atom. The minimum atomic E-state index is -3.95. The van der Waals surface area contributed by atoms with Gasteiger partial charge in [-0.3, -0.25) is 9.71 Å². The van der Waals surface area contributed by atoms with E-state index in [1.165, 1.54) is 36.6 Å².